The average molecular weight is 906 g/mol. The lowest BCUT2D eigenvalue weighted by atomic mass is 9.80. The maximum absolute atomic E-state index is 14.8. The second kappa shape index (κ2) is 17.1. The predicted molar refractivity (Wildman–Crippen MR) is 271 cm³/mol. The van der Waals surface area contributed by atoms with E-state index in [1.54, 1.807) is 18.5 Å². The van der Waals surface area contributed by atoms with Crippen LogP contribution >= 0.6 is 0 Å². The molecule has 3 aromatic heterocycles. The highest BCUT2D eigenvalue weighted by molar-refractivity contribution is 6.42. The number of carbonyl (C=O) groups is 4. The Kier molecular flexibility index (Phi) is 10.7. The maximum atomic E-state index is 14.8. The van der Waals surface area contributed by atoms with Gasteiger partial charge in [-0.15, -0.1) is 0 Å². The zero-order chi connectivity index (χ0) is 47.7. The first-order chi connectivity index (χ1) is 33.7. The molecule has 69 heavy (non-hydrogen) atoms. The molecule has 2 aliphatic rings. The van der Waals surface area contributed by atoms with E-state index >= 15 is 0 Å². The molecule has 0 atom stereocenters. The van der Waals surface area contributed by atoms with Gasteiger partial charge in [0, 0.05) is 84.6 Å². The standard InChI is InChI=1S/C59H47N5O5/c1-6-37(7-2)63-56(65)41-26-24-40-53-49(69-10-5)32-44-52-42(57(66)64(59(44)68)38(8-3)9-4)25-23-39(55(52)53)50-35(29-43(58(63)67)51(41)54(40)50)22-19-33-17-20-34(21-18-33)36-30-47(45-15-11-13-27-60-45)62-48(31-36)46-16-12-14-28-61-46/h11-18,20-21,23-32,37-38H,6-10H2,1-5H3. The molecule has 10 nitrogen and oxygen atoms in total. The third-order valence-electron chi connectivity index (χ3n) is 14.0. The molecule has 0 saturated carbocycles. The quantitative estimate of drug-likeness (QED) is 0.0544. The maximum Gasteiger partial charge on any atom is 0.261 e. The van der Waals surface area contributed by atoms with Crippen molar-refractivity contribution in [2.24, 2.45) is 0 Å². The lowest BCUT2D eigenvalue weighted by Crippen LogP contribution is -2.46. The molecule has 0 N–H and O–H groups in total. The van der Waals surface area contributed by atoms with Gasteiger partial charge in [-0.1, -0.05) is 75.9 Å². The lowest BCUT2D eigenvalue weighted by Gasteiger charge is -2.35. The first-order valence-corrected chi connectivity index (χ1v) is 23.8. The average Bonchev–Trinajstić information content (AvgIpc) is 3.39. The van der Waals surface area contributed by atoms with Crippen molar-refractivity contribution in [3.05, 3.63) is 155 Å². The van der Waals surface area contributed by atoms with Crippen molar-refractivity contribution in [3.8, 4) is 51.5 Å². The number of amides is 4. The molecule has 0 bridgehead atoms. The van der Waals surface area contributed by atoms with Crippen LogP contribution in [0, 0.1) is 11.8 Å². The van der Waals surface area contributed by atoms with Gasteiger partial charge in [0.05, 0.1) is 34.9 Å². The Morgan fingerprint density at radius 2 is 0.986 bits per heavy atom. The predicted octanol–water partition coefficient (Wildman–Crippen LogP) is 12.3. The summed E-state index contributed by atoms with van der Waals surface area (Å²) >= 11 is 0. The third kappa shape index (κ3) is 6.74. The first-order valence-electron chi connectivity index (χ1n) is 23.8. The molecule has 0 spiro atoms. The van der Waals surface area contributed by atoms with E-state index in [4.69, 9.17) is 9.72 Å². The number of rotatable bonds is 11. The molecule has 5 heterocycles. The molecule has 2 aliphatic heterocycles. The van der Waals surface area contributed by atoms with Crippen molar-refractivity contribution < 1.29 is 23.9 Å². The van der Waals surface area contributed by atoms with Crippen LogP contribution in [0.15, 0.2) is 122 Å². The van der Waals surface area contributed by atoms with Crippen LogP contribution in [-0.4, -0.2) is 67.1 Å². The molecule has 0 saturated heterocycles. The second-order valence-electron chi connectivity index (χ2n) is 17.7. The zero-order valence-electron chi connectivity index (χ0n) is 39.0. The van der Waals surface area contributed by atoms with E-state index in [1.165, 1.54) is 9.80 Å². The fourth-order valence-corrected chi connectivity index (χ4v) is 10.7. The Bertz CT molecular complexity index is 3610. The minimum atomic E-state index is -0.358. The summed E-state index contributed by atoms with van der Waals surface area (Å²) in [7, 11) is 0. The fraction of sp³-hybridized carbons (Fsp3) is 0.203. The Morgan fingerprint density at radius 1 is 0.478 bits per heavy atom. The monoisotopic (exact) mass is 905 g/mol. The van der Waals surface area contributed by atoms with Gasteiger partial charge in [-0.2, -0.15) is 0 Å². The SMILES string of the molecule is CCOc1cc2c3c(ccc4c5c(C#Cc6ccc(-c7cc(-c8ccccn8)nc(-c8ccccn8)c7)cc6)cc6c7c(ccc(c1c34)c75)C(=O)N(C(CC)CC)C6=O)C(=O)N(C(CC)CC)C2=O. The molecule has 0 unspecified atom stereocenters. The summed E-state index contributed by atoms with van der Waals surface area (Å²) in [5.41, 5.74) is 7.84. The Labute approximate surface area is 399 Å². The molecule has 4 amide bonds. The number of benzene rings is 6. The Balaban J connectivity index is 1.14. The Morgan fingerprint density at radius 3 is 1.49 bits per heavy atom. The summed E-state index contributed by atoms with van der Waals surface area (Å²) in [5, 5.41) is 5.48. The molecule has 11 rings (SSSR count). The van der Waals surface area contributed by atoms with Crippen LogP contribution in [0.1, 0.15) is 113 Å². The van der Waals surface area contributed by atoms with Gasteiger partial charge in [0.2, 0.25) is 0 Å². The number of hydrogen-bond acceptors (Lipinski definition) is 8. The molecule has 0 fully saturated rings. The van der Waals surface area contributed by atoms with E-state index in [0.29, 0.717) is 92.8 Å². The van der Waals surface area contributed by atoms with Gasteiger partial charge in [0.25, 0.3) is 23.6 Å². The second-order valence-corrected chi connectivity index (χ2v) is 17.7. The van der Waals surface area contributed by atoms with Gasteiger partial charge in [-0.25, -0.2) is 4.98 Å². The van der Waals surface area contributed by atoms with Crippen molar-refractivity contribution in [1.82, 2.24) is 24.8 Å². The fourth-order valence-electron chi connectivity index (χ4n) is 10.7. The molecular weight excluding hydrogens is 859 g/mol. The number of ether oxygens (including phenoxy) is 1. The highest BCUT2D eigenvalue weighted by atomic mass is 16.5. The summed E-state index contributed by atoms with van der Waals surface area (Å²) in [4.78, 5) is 75.3. The van der Waals surface area contributed by atoms with Gasteiger partial charge in [0.15, 0.2) is 0 Å². The number of pyridine rings is 3. The van der Waals surface area contributed by atoms with Crippen molar-refractivity contribution in [1.29, 1.82) is 0 Å². The molecule has 10 heteroatoms. The van der Waals surface area contributed by atoms with Crippen LogP contribution in [0.4, 0.5) is 0 Å². The van der Waals surface area contributed by atoms with Crippen molar-refractivity contribution in [3.63, 3.8) is 0 Å². The molecular formula is C59H47N5O5. The Hall–Kier alpha value is -8.29. The van der Waals surface area contributed by atoms with E-state index in [2.05, 4.69) is 21.8 Å². The largest absolute Gasteiger partial charge is 0.493 e. The smallest absolute Gasteiger partial charge is 0.261 e. The van der Waals surface area contributed by atoms with Gasteiger partial charge >= 0.3 is 0 Å². The number of aromatic nitrogens is 3. The molecule has 9 aromatic rings. The number of hydrogen-bond donors (Lipinski definition) is 0. The summed E-state index contributed by atoms with van der Waals surface area (Å²) in [6.45, 7) is 10.2. The third-order valence-corrected chi connectivity index (χ3v) is 14.0. The first kappa shape index (κ1) is 43.3. The minimum absolute atomic E-state index is 0.267. The molecule has 0 aliphatic carbocycles. The van der Waals surface area contributed by atoms with Crippen molar-refractivity contribution in [2.45, 2.75) is 72.4 Å². The van der Waals surface area contributed by atoms with E-state index < -0.39 is 0 Å². The number of imide groups is 2. The van der Waals surface area contributed by atoms with E-state index in [9.17, 15) is 19.2 Å². The van der Waals surface area contributed by atoms with Crippen LogP contribution in [0.5, 0.6) is 5.75 Å². The van der Waals surface area contributed by atoms with Gasteiger partial charge < -0.3 is 4.74 Å². The van der Waals surface area contributed by atoms with Crippen LogP contribution in [0.25, 0.3) is 77.0 Å². The number of carbonyl (C=O) groups excluding carboxylic acids is 4. The van der Waals surface area contributed by atoms with Crippen LogP contribution in [-0.2, 0) is 0 Å². The summed E-state index contributed by atoms with van der Waals surface area (Å²) < 4.78 is 6.42. The highest BCUT2D eigenvalue weighted by Crippen LogP contribution is 2.51. The number of nitrogens with zero attached hydrogens (tertiary/aromatic N) is 5. The van der Waals surface area contributed by atoms with Crippen LogP contribution in [0.2, 0.25) is 0 Å². The van der Waals surface area contributed by atoms with Gasteiger partial charge in [-0.3, -0.25) is 38.9 Å². The van der Waals surface area contributed by atoms with Gasteiger partial charge in [-0.05, 0) is 127 Å². The van der Waals surface area contributed by atoms with E-state index in [1.807, 2.05) is 138 Å². The summed E-state index contributed by atoms with van der Waals surface area (Å²) in [6.07, 6.45) is 5.99. The van der Waals surface area contributed by atoms with Crippen molar-refractivity contribution >= 4 is 66.7 Å². The van der Waals surface area contributed by atoms with Gasteiger partial charge in [0.1, 0.15) is 5.75 Å². The molecule has 6 aromatic carbocycles. The normalized spacial score (nSPS) is 13.5. The highest BCUT2D eigenvalue weighted by Gasteiger charge is 2.41. The number of fused-ring (bicyclic) bond motifs is 2. The topological polar surface area (TPSA) is 123 Å². The van der Waals surface area contributed by atoms with Crippen LogP contribution < -0.4 is 4.74 Å². The lowest BCUT2D eigenvalue weighted by molar-refractivity contribution is 0.0514. The summed E-state index contributed by atoms with van der Waals surface area (Å²) in [6, 6.07) is 34.1. The molecule has 0 radical (unpaired) electrons. The zero-order valence-corrected chi connectivity index (χ0v) is 39.0. The summed E-state index contributed by atoms with van der Waals surface area (Å²) in [5.74, 6) is 6.05. The van der Waals surface area contributed by atoms with E-state index in [0.717, 1.165) is 55.6 Å². The molecule has 338 valence electrons. The van der Waals surface area contributed by atoms with Crippen molar-refractivity contribution in [2.75, 3.05) is 6.61 Å². The minimum Gasteiger partial charge on any atom is -0.493 e. The van der Waals surface area contributed by atoms with Crippen LogP contribution in [0.3, 0.4) is 0 Å². The van der Waals surface area contributed by atoms with E-state index in [-0.39, 0.29) is 35.7 Å².